The maximum atomic E-state index is 10.5. The zero-order valence-corrected chi connectivity index (χ0v) is 19.2. The molecule has 0 bridgehead atoms. The number of aliphatic hydroxyl groups excluding tert-OH is 1. The number of aromatic nitrogens is 2. The maximum Gasteiger partial charge on any atom is 0.191 e. The number of guanidine groups is 1. The lowest BCUT2D eigenvalue weighted by molar-refractivity contribution is 0.185. The van der Waals surface area contributed by atoms with E-state index in [-0.39, 0.29) is 36.6 Å². The zero-order valence-electron chi connectivity index (χ0n) is 16.8. The minimum absolute atomic E-state index is 0. The Kier molecular flexibility index (Phi) is 11.6. The van der Waals surface area contributed by atoms with Gasteiger partial charge in [0.25, 0.3) is 0 Å². The van der Waals surface area contributed by atoms with Gasteiger partial charge in [-0.15, -0.1) is 24.0 Å². The number of aliphatic hydroxyl groups is 1. The van der Waals surface area contributed by atoms with Crippen LogP contribution in [0.5, 0.6) is 5.75 Å². The Morgan fingerprint density at radius 1 is 1.29 bits per heavy atom. The third-order valence-corrected chi connectivity index (χ3v) is 3.80. The van der Waals surface area contributed by atoms with Crippen LogP contribution in [0.2, 0.25) is 0 Å². The van der Waals surface area contributed by atoms with Crippen molar-refractivity contribution in [1.82, 2.24) is 20.4 Å². The van der Waals surface area contributed by atoms with Gasteiger partial charge < -0.3 is 20.5 Å². The van der Waals surface area contributed by atoms with Gasteiger partial charge in [0.15, 0.2) is 5.96 Å². The molecule has 28 heavy (non-hydrogen) atoms. The molecule has 0 saturated heterocycles. The van der Waals surface area contributed by atoms with Crippen LogP contribution in [0.15, 0.2) is 47.7 Å². The molecule has 8 heteroatoms. The lowest BCUT2D eigenvalue weighted by Crippen LogP contribution is -2.38. The van der Waals surface area contributed by atoms with Gasteiger partial charge in [-0.25, -0.2) is 0 Å². The van der Waals surface area contributed by atoms with Gasteiger partial charge in [0.05, 0.1) is 18.8 Å². The van der Waals surface area contributed by atoms with E-state index >= 15 is 0 Å². The summed E-state index contributed by atoms with van der Waals surface area (Å²) < 4.78 is 7.59. The third kappa shape index (κ3) is 8.92. The van der Waals surface area contributed by atoms with E-state index in [2.05, 4.69) is 20.7 Å². The Labute approximate surface area is 184 Å². The number of nitrogens with one attached hydrogen (secondary N) is 2. The highest BCUT2D eigenvalue weighted by Crippen LogP contribution is 2.20. The van der Waals surface area contributed by atoms with Gasteiger partial charge in [-0.1, -0.05) is 12.1 Å². The van der Waals surface area contributed by atoms with Gasteiger partial charge in [0.1, 0.15) is 5.75 Å². The average molecular weight is 501 g/mol. The van der Waals surface area contributed by atoms with Crippen molar-refractivity contribution in [2.24, 2.45) is 4.99 Å². The van der Waals surface area contributed by atoms with E-state index in [4.69, 9.17) is 4.74 Å². The largest absolute Gasteiger partial charge is 0.491 e. The number of nitrogens with zero attached hydrogens (tertiary/aromatic N) is 3. The molecular weight excluding hydrogens is 469 g/mol. The van der Waals surface area contributed by atoms with Crippen LogP contribution >= 0.6 is 24.0 Å². The first-order valence-corrected chi connectivity index (χ1v) is 9.52. The predicted octanol–water partition coefficient (Wildman–Crippen LogP) is 2.97. The molecule has 0 fully saturated rings. The summed E-state index contributed by atoms with van der Waals surface area (Å²) in [5.74, 6) is 1.46. The van der Waals surface area contributed by atoms with Crippen molar-refractivity contribution in [1.29, 1.82) is 0 Å². The number of hydrogen-bond acceptors (Lipinski definition) is 4. The number of halogens is 1. The minimum atomic E-state index is -0.680. The van der Waals surface area contributed by atoms with Crippen LogP contribution in [-0.4, -0.2) is 46.6 Å². The molecule has 2 aromatic rings. The molecule has 2 rings (SSSR count). The Bertz CT molecular complexity index is 692. The average Bonchev–Trinajstić information content (AvgIpc) is 3.16. The Hall–Kier alpha value is -1.81. The highest BCUT2D eigenvalue weighted by atomic mass is 127. The second kappa shape index (κ2) is 13.4. The summed E-state index contributed by atoms with van der Waals surface area (Å²) in [4.78, 5) is 4.50. The molecule has 1 heterocycles. The van der Waals surface area contributed by atoms with Gasteiger partial charge in [0.2, 0.25) is 0 Å². The lowest BCUT2D eigenvalue weighted by atomic mass is 10.1. The number of aliphatic imine (C=N–C) groups is 1. The van der Waals surface area contributed by atoms with E-state index in [9.17, 15) is 5.11 Å². The molecule has 1 aromatic heterocycles. The lowest BCUT2D eigenvalue weighted by Gasteiger charge is -2.15. The first-order chi connectivity index (χ1) is 13.1. The van der Waals surface area contributed by atoms with Crippen LogP contribution in [0, 0.1) is 0 Å². The van der Waals surface area contributed by atoms with Crippen molar-refractivity contribution in [3.63, 3.8) is 0 Å². The summed E-state index contributed by atoms with van der Waals surface area (Å²) in [7, 11) is 0. The van der Waals surface area contributed by atoms with E-state index in [1.54, 1.807) is 6.20 Å². The fraction of sp³-hybridized carbons (Fsp3) is 0.500. The van der Waals surface area contributed by atoms with Crippen molar-refractivity contribution in [3.8, 4) is 5.75 Å². The smallest absolute Gasteiger partial charge is 0.191 e. The van der Waals surface area contributed by atoms with Crippen LogP contribution in [0.25, 0.3) is 0 Å². The van der Waals surface area contributed by atoms with Gasteiger partial charge in [-0.2, -0.15) is 5.10 Å². The fourth-order valence-electron chi connectivity index (χ4n) is 2.57. The summed E-state index contributed by atoms with van der Waals surface area (Å²) in [6, 6.07) is 9.45. The summed E-state index contributed by atoms with van der Waals surface area (Å²) in [6.07, 6.45) is 4.08. The molecule has 0 saturated carbocycles. The molecule has 1 unspecified atom stereocenters. The first-order valence-electron chi connectivity index (χ1n) is 9.52. The molecule has 0 aliphatic carbocycles. The predicted molar refractivity (Wildman–Crippen MR) is 123 cm³/mol. The quantitative estimate of drug-likeness (QED) is 0.202. The number of ether oxygens (including phenoxy) is 1. The van der Waals surface area contributed by atoms with Crippen molar-refractivity contribution in [3.05, 3.63) is 48.3 Å². The molecule has 1 atom stereocenters. The van der Waals surface area contributed by atoms with E-state index < -0.39 is 6.10 Å². The highest BCUT2D eigenvalue weighted by Gasteiger charge is 2.09. The second-order valence-electron chi connectivity index (χ2n) is 6.52. The summed E-state index contributed by atoms with van der Waals surface area (Å²) >= 11 is 0. The van der Waals surface area contributed by atoms with E-state index in [0.717, 1.165) is 37.4 Å². The number of rotatable bonds is 10. The third-order valence-electron chi connectivity index (χ3n) is 3.80. The van der Waals surface area contributed by atoms with Crippen LogP contribution in [0.4, 0.5) is 0 Å². The molecule has 0 aliphatic rings. The number of hydrogen-bond donors (Lipinski definition) is 3. The van der Waals surface area contributed by atoms with E-state index in [1.807, 2.05) is 62.0 Å². The molecule has 156 valence electrons. The zero-order chi connectivity index (χ0) is 19.5. The molecule has 7 nitrogen and oxygen atoms in total. The van der Waals surface area contributed by atoms with Crippen molar-refractivity contribution >= 4 is 29.9 Å². The van der Waals surface area contributed by atoms with Crippen LogP contribution < -0.4 is 15.4 Å². The summed E-state index contributed by atoms with van der Waals surface area (Å²) in [5.41, 5.74) is 0.798. The van der Waals surface area contributed by atoms with E-state index in [0.29, 0.717) is 5.96 Å². The van der Waals surface area contributed by atoms with Gasteiger partial charge >= 0.3 is 0 Å². The Morgan fingerprint density at radius 2 is 2.11 bits per heavy atom. The van der Waals surface area contributed by atoms with E-state index in [1.165, 1.54) is 0 Å². The first kappa shape index (κ1) is 24.2. The standard InChI is InChI=1S/C20H31N5O2.HI/c1-4-21-20(22-10-6-12-25-13-7-11-24-25)23-15-19(26)17-8-5-9-18(14-17)27-16(2)3;/h5,7-9,11,13-14,16,19,26H,4,6,10,12,15H2,1-3H3,(H2,21,22,23);1H. The molecule has 0 amide bonds. The van der Waals surface area contributed by atoms with Gasteiger partial charge in [-0.05, 0) is 51.0 Å². The summed E-state index contributed by atoms with van der Waals surface area (Å²) in [6.45, 7) is 8.65. The second-order valence-corrected chi connectivity index (χ2v) is 6.52. The van der Waals surface area contributed by atoms with Crippen LogP contribution in [0.3, 0.4) is 0 Å². The summed E-state index contributed by atoms with van der Waals surface area (Å²) in [5, 5.41) is 21.1. The molecule has 3 N–H and O–H groups in total. The van der Waals surface area contributed by atoms with Crippen molar-refractivity contribution in [2.75, 3.05) is 19.6 Å². The van der Waals surface area contributed by atoms with Gasteiger partial charge in [-0.3, -0.25) is 9.67 Å². The maximum absolute atomic E-state index is 10.5. The van der Waals surface area contributed by atoms with Crippen LogP contribution in [-0.2, 0) is 6.54 Å². The Balaban J connectivity index is 0.00000392. The minimum Gasteiger partial charge on any atom is -0.491 e. The molecule has 0 spiro atoms. The number of benzene rings is 1. The van der Waals surface area contributed by atoms with Gasteiger partial charge in [0, 0.05) is 32.0 Å². The highest BCUT2D eigenvalue weighted by molar-refractivity contribution is 14.0. The van der Waals surface area contributed by atoms with Crippen LogP contribution in [0.1, 0.15) is 38.9 Å². The Morgan fingerprint density at radius 3 is 2.79 bits per heavy atom. The molecular formula is C20H32IN5O2. The van der Waals surface area contributed by atoms with Crippen molar-refractivity contribution < 1.29 is 9.84 Å². The number of aryl methyl sites for hydroxylation is 1. The van der Waals surface area contributed by atoms with Crippen molar-refractivity contribution in [2.45, 2.75) is 45.9 Å². The SMILES string of the molecule is CCNC(=NCC(O)c1cccc(OC(C)C)c1)NCCCn1cccn1.I. The molecule has 0 radical (unpaired) electrons. The molecule has 0 aliphatic heterocycles. The fourth-order valence-corrected chi connectivity index (χ4v) is 2.57. The molecule has 1 aromatic carbocycles. The topological polar surface area (TPSA) is 83.7 Å². The normalized spacial score (nSPS) is 12.4. The monoisotopic (exact) mass is 501 g/mol.